The first-order valence-electron chi connectivity index (χ1n) is 7.12. The third kappa shape index (κ3) is 2.51. The second-order valence-corrected chi connectivity index (χ2v) is 6.75. The fourth-order valence-electron chi connectivity index (χ4n) is 3.95. The summed E-state index contributed by atoms with van der Waals surface area (Å²) >= 11 is 0. The highest BCUT2D eigenvalue weighted by molar-refractivity contribution is 5.03. The number of nitrogens with two attached hydrogens (primary N) is 1. The number of nitrogens with zero attached hydrogens (tertiary/aromatic N) is 2. The molecule has 0 aromatic rings. The maximum absolute atomic E-state index is 6.15. The van der Waals surface area contributed by atoms with Gasteiger partial charge in [-0.3, -0.25) is 4.90 Å². The lowest BCUT2D eigenvalue weighted by Crippen LogP contribution is -2.59. The fraction of sp³-hybridized carbons (Fsp3) is 1.00. The van der Waals surface area contributed by atoms with E-state index in [1.807, 2.05) is 0 Å². The van der Waals surface area contributed by atoms with Crippen LogP contribution in [0.1, 0.15) is 33.6 Å². The van der Waals surface area contributed by atoms with Gasteiger partial charge in [0.25, 0.3) is 0 Å². The molecular weight excluding hydrogens is 210 g/mol. The normalized spacial score (nSPS) is 45.4. The molecule has 2 saturated heterocycles. The van der Waals surface area contributed by atoms with Gasteiger partial charge in [-0.05, 0) is 38.6 Å². The second kappa shape index (κ2) is 4.87. The molecule has 0 aliphatic carbocycles. The first-order valence-corrected chi connectivity index (χ1v) is 7.12. The summed E-state index contributed by atoms with van der Waals surface area (Å²) in [5, 5.41) is 0. The number of rotatable bonds is 2. The lowest BCUT2D eigenvalue weighted by molar-refractivity contribution is 0.0350. The average Bonchev–Trinajstić information content (AvgIpc) is 2.55. The van der Waals surface area contributed by atoms with Gasteiger partial charge in [-0.25, -0.2) is 0 Å². The third-order valence-corrected chi connectivity index (χ3v) is 4.89. The highest BCUT2D eigenvalue weighted by Gasteiger charge is 2.45. The van der Waals surface area contributed by atoms with Gasteiger partial charge in [-0.2, -0.15) is 0 Å². The van der Waals surface area contributed by atoms with Crippen LogP contribution in [0.3, 0.4) is 0 Å². The molecule has 4 atom stereocenters. The van der Waals surface area contributed by atoms with Crippen molar-refractivity contribution < 1.29 is 0 Å². The van der Waals surface area contributed by atoms with E-state index in [2.05, 4.69) is 37.6 Å². The molecule has 100 valence electrons. The van der Waals surface area contributed by atoms with Crippen molar-refractivity contribution in [1.29, 1.82) is 0 Å². The maximum atomic E-state index is 6.15. The van der Waals surface area contributed by atoms with Crippen molar-refractivity contribution in [2.75, 3.05) is 33.2 Å². The van der Waals surface area contributed by atoms with Gasteiger partial charge in [-0.15, -0.1) is 0 Å². The molecule has 0 bridgehead atoms. The molecule has 0 aromatic heterocycles. The van der Waals surface area contributed by atoms with Crippen LogP contribution >= 0.6 is 0 Å². The zero-order chi connectivity index (χ0) is 12.6. The molecule has 0 spiro atoms. The highest BCUT2D eigenvalue weighted by Crippen LogP contribution is 2.35. The summed E-state index contributed by atoms with van der Waals surface area (Å²) in [6, 6.07) is 0.672. The molecule has 2 rings (SSSR count). The van der Waals surface area contributed by atoms with E-state index in [1.165, 1.54) is 25.9 Å². The van der Waals surface area contributed by atoms with E-state index < -0.39 is 0 Å². The van der Waals surface area contributed by atoms with Crippen molar-refractivity contribution in [2.45, 2.75) is 45.2 Å². The first-order chi connectivity index (χ1) is 7.97. The number of hydrogen-bond acceptors (Lipinski definition) is 3. The van der Waals surface area contributed by atoms with E-state index in [4.69, 9.17) is 5.73 Å². The van der Waals surface area contributed by atoms with Gasteiger partial charge in [0.2, 0.25) is 0 Å². The molecule has 2 aliphatic heterocycles. The first kappa shape index (κ1) is 13.3. The lowest BCUT2D eigenvalue weighted by Gasteiger charge is -2.46. The minimum absolute atomic E-state index is 0.247. The molecule has 0 amide bonds. The summed E-state index contributed by atoms with van der Waals surface area (Å²) in [6.45, 7) is 11.5. The smallest absolute Gasteiger partial charge is 0.0473 e. The topological polar surface area (TPSA) is 32.5 Å². The van der Waals surface area contributed by atoms with Crippen LogP contribution in [0.2, 0.25) is 0 Å². The Labute approximate surface area is 106 Å². The molecular formula is C14H29N3. The predicted octanol–water partition coefficient (Wildman–Crippen LogP) is 1.39. The lowest BCUT2D eigenvalue weighted by atomic mass is 9.85. The van der Waals surface area contributed by atoms with Gasteiger partial charge < -0.3 is 10.6 Å². The summed E-state index contributed by atoms with van der Waals surface area (Å²) in [7, 11) is 2.24. The molecule has 2 aliphatic rings. The molecule has 4 unspecified atom stereocenters. The van der Waals surface area contributed by atoms with Gasteiger partial charge in [0.05, 0.1) is 0 Å². The Kier molecular flexibility index (Phi) is 3.81. The Morgan fingerprint density at radius 2 is 1.76 bits per heavy atom. The number of hydrogen-bond donors (Lipinski definition) is 1. The molecule has 0 aromatic carbocycles. The Morgan fingerprint density at radius 1 is 1.18 bits per heavy atom. The zero-order valence-electron chi connectivity index (χ0n) is 11.9. The molecule has 3 nitrogen and oxygen atoms in total. The van der Waals surface area contributed by atoms with Gasteiger partial charge in [0.15, 0.2) is 0 Å². The van der Waals surface area contributed by atoms with Crippen LogP contribution in [0.5, 0.6) is 0 Å². The Bertz CT molecular complexity index is 246. The third-order valence-electron chi connectivity index (χ3n) is 4.89. The molecule has 2 fully saturated rings. The molecule has 0 saturated carbocycles. The van der Waals surface area contributed by atoms with Crippen molar-refractivity contribution in [3.63, 3.8) is 0 Å². The van der Waals surface area contributed by atoms with Gasteiger partial charge >= 0.3 is 0 Å². The summed E-state index contributed by atoms with van der Waals surface area (Å²) < 4.78 is 0. The molecule has 0 radical (unpaired) electrons. The second-order valence-electron chi connectivity index (χ2n) is 6.75. The number of piperidine rings is 1. The van der Waals surface area contributed by atoms with Crippen molar-refractivity contribution >= 4 is 0 Å². The summed E-state index contributed by atoms with van der Waals surface area (Å²) in [4.78, 5) is 5.17. The maximum Gasteiger partial charge on any atom is 0.0473 e. The quantitative estimate of drug-likeness (QED) is 0.790. The van der Waals surface area contributed by atoms with E-state index in [0.29, 0.717) is 6.04 Å². The molecule has 2 N–H and O–H groups in total. The standard InChI is InChI=1S/C14H29N3/c1-11-5-12(2)8-17(7-11)14(9-15)6-13(3)16(4)10-14/h11-13H,5-10,15H2,1-4H3. The van der Waals surface area contributed by atoms with Crippen LogP contribution in [0, 0.1) is 11.8 Å². The van der Waals surface area contributed by atoms with Crippen LogP contribution in [-0.4, -0.2) is 54.6 Å². The summed E-state index contributed by atoms with van der Waals surface area (Å²) in [6.07, 6.45) is 2.61. The van der Waals surface area contributed by atoms with Crippen molar-refractivity contribution in [3.8, 4) is 0 Å². The van der Waals surface area contributed by atoms with Gasteiger partial charge in [0, 0.05) is 37.8 Å². The Hall–Kier alpha value is -0.120. The number of likely N-dealkylation sites (tertiary alicyclic amines) is 2. The van der Waals surface area contributed by atoms with Gasteiger partial charge in [-0.1, -0.05) is 13.8 Å². The van der Waals surface area contributed by atoms with E-state index in [-0.39, 0.29) is 5.54 Å². The Morgan fingerprint density at radius 3 is 2.18 bits per heavy atom. The molecule has 2 heterocycles. The van der Waals surface area contributed by atoms with Crippen LogP contribution < -0.4 is 5.73 Å². The van der Waals surface area contributed by atoms with E-state index in [9.17, 15) is 0 Å². The fourth-order valence-corrected chi connectivity index (χ4v) is 3.95. The molecule has 17 heavy (non-hydrogen) atoms. The van der Waals surface area contributed by atoms with E-state index in [1.54, 1.807) is 0 Å². The highest BCUT2D eigenvalue weighted by atomic mass is 15.3. The summed E-state index contributed by atoms with van der Waals surface area (Å²) in [5.74, 6) is 1.65. The summed E-state index contributed by atoms with van der Waals surface area (Å²) in [5.41, 5.74) is 6.39. The monoisotopic (exact) mass is 239 g/mol. The van der Waals surface area contributed by atoms with Crippen LogP contribution in [0.25, 0.3) is 0 Å². The number of likely N-dealkylation sites (N-methyl/N-ethyl adjacent to an activating group) is 1. The van der Waals surface area contributed by atoms with Crippen LogP contribution in [0.15, 0.2) is 0 Å². The Balaban J connectivity index is 2.12. The van der Waals surface area contributed by atoms with Crippen LogP contribution in [0.4, 0.5) is 0 Å². The van der Waals surface area contributed by atoms with Crippen molar-refractivity contribution in [1.82, 2.24) is 9.80 Å². The minimum atomic E-state index is 0.247. The predicted molar refractivity (Wildman–Crippen MR) is 73.0 cm³/mol. The van der Waals surface area contributed by atoms with Crippen molar-refractivity contribution in [2.24, 2.45) is 17.6 Å². The van der Waals surface area contributed by atoms with E-state index in [0.717, 1.165) is 24.9 Å². The zero-order valence-corrected chi connectivity index (χ0v) is 11.9. The van der Waals surface area contributed by atoms with Gasteiger partial charge in [0.1, 0.15) is 0 Å². The average molecular weight is 239 g/mol. The minimum Gasteiger partial charge on any atom is -0.329 e. The van der Waals surface area contributed by atoms with E-state index >= 15 is 0 Å². The van der Waals surface area contributed by atoms with Crippen molar-refractivity contribution in [3.05, 3.63) is 0 Å². The van der Waals surface area contributed by atoms with Crippen LogP contribution in [-0.2, 0) is 0 Å². The SMILES string of the molecule is CC1CC(C)CN(C2(CN)CC(C)N(C)C2)C1. The largest absolute Gasteiger partial charge is 0.329 e. The molecule has 3 heteroatoms.